The molecule has 0 bridgehead atoms. The highest BCUT2D eigenvalue weighted by Gasteiger charge is 2.28. The van der Waals surface area contributed by atoms with E-state index in [-0.39, 0.29) is 5.91 Å². The van der Waals surface area contributed by atoms with Gasteiger partial charge in [0.2, 0.25) is 0 Å². The van der Waals surface area contributed by atoms with E-state index in [0.717, 1.165) is 23.2 Å². The summed E-state index contributed by atoms with van der Waals surface area (Å²) in [5.41, 5.74) is 3.59. The van der Waals surface area contributed by atoms with E-state index in [4.69, 9.17) is 0 Å². The van der Waals surface area contributed by atoms with Crippen molar-refractivity contribution in [2.24, 2.45) is 0 Å². The van der Waals surface area contributed by atoms with Gasteiger partial charge in [-0.3, -0.25) is 19.8 Å². The molecule has 2 aromatic rings. The predicted octanol–water partition coefficient (Wildman–Crippen LogP) is 3.70. The zero-order valence-corrected chi connectivity index (χ0v) is 18.9. The zero-order chi connectivity index (χ0) is 21.4. The van der Waals surface area contributed by atoms with Crippen LogP contribution in [0.4, 0.5) is 11.4 Å². The van der Waals surface area contributed by atoms with Crippen molar-refractivity contribution in [1.29, 1.82) is 0 Å². The molecule has 0 aromatic heterocycles. The molecule has 0 saturated carbocycles. The van der Waals surface area contributed by atoms with E-state index < -0.39 is 5.91 Å². The number of piperazine rings is 1. The van der Waals surface area contributed by atoms with Crippen molar-refractivity contribution in [1.82, 2.24) is 10.2 Å². The van der Waals surface area contributed by atoms with Crippen LogP contribution < -0.4 is 15.5 Å². The van der Waals surface area contributed by atoms with Crippen LogP contribution in [-0.2, 0) is 4.79 Å². The smallest absolute Gasteiger partial charge is 0.260 e. The molecule has 2 aliphatic heterocycles. The molecule has 0 spiro atoms. The quantitative estimate of drug-likeness (QED) is 0.530. The van der Waals surface area contributed by atoms with Gasteiger partial charge in [0.05, 0.1) is 5.57 Å². The second-order valence-electron chi connectivity index (χ2n) is 8.01. The summed E-state index contributed by atoms with van der Waals surface area (Å²) in [5, 5.41) is 5.59. The number of nitrogens with zero attached hydrogens (tertiary/aromatic N) is 2. The first kappa shape index (κ1) is 20.6. The van der Waals surface area contributed by atoms with Crippen LogP contribution in [0.3, 0.4) is 0 Å². The van der Waals surface area contributed by atoms with Gasteiger partial charge < -0.3 is 10.2 Å². The Balaban J connectivity index is 1.54. The predicted molar refractivity (Wildman–Crippen MR) is 124 cm³/mol. The molecule has 0 unspecified atom stereocenters. The molecule has 1 fully saturated rings. The SMILES string of the molecule is C[C@@H]1CN(c2ccc(N/C=C3\C(=O)NC(=O)c4ccc(Br)cc43)cc2)[C@H](C)CN1C. The summed E-state index contributed by atoms with van der Waals surface area (Å²) >= 11 is 3.41. The fourth-order valence-corrected chi connectivity index (χ4v) is 4.37. The topological polar surface area (TPSA) is 64.7 Å². The fraction of sp³-hybridized carbons (Fsp3) is 0.304. The number of amides is 2. The Kier molecular flexibility index (Phi) is 5.66. The van der Waals surface area contributed by atoms with E-state index >= 15 is 0 Å². The van der Waals surface area contributed by atoms with Crippen molar-refractivity contribution in [2.45, 2.75) is 25.9 Å². The minimum Gasteiger partial charge on any atom is -0.366 e. The average molecular weight is 469 g/mol. The number of benzene rings is 2. The number of nitrogens with one attached hydrogen (secondary N) is 2. The van der Waals surface area contributed by atoms with Crippen molar-refractivity contribution in [3.63, 3.8) is 0 Å². The van der Waals surface area contributed by atoms with Crippen molar-refractivity contribution >= 4 is 44.7 Å². The lowest BCUT2D eigenvalue weighted by molar-refractivity contribution is -0.114. The van der Waals surface area contributed by atoms with Crippen molar-refractivity contribution in [3.05, 3.63) is 64.3 Å². The monoisotopic (exact) mass is 468 g/mol. The Labute approximate surface area is 185 Å². The molecule has 2 heterocycles. The molecule has 2 aliphatic rings. The van der Waals surface area contributed by atoms with Crippen molar-refractivity contribution < 1.29 is 9.59 Å². The summed E-state index contributed by atoms with van der Waals surface area (Å²) in [7, 11) is 2.17. The molecule has 2 atom stereocenters. The molecule has 30 heavy (non-hydrogen) atoms. The first-order chi connectivity index (χ1) is 14.3. The third kappa shape index (κ3) is 4.00. The van der Waals surface area contributed by atoms with E-state index in [1.165, 1.54) is 5.69 Å². The minimum atomic E-state index is -0.407. The van der Waals surface area contributed by atoms with Gasteiger partial charge >= 0.3 is 0 Å². The molecule has 4 rings (SSSR count). The lowest BCUT2D eigenvalue weighted by atomic mass is 9.95. The van der Waals surface area contributed by atoms with Gasteiger partial charge in [-0.25, -0.2) is 0 Å². The number of rotatable bonds is 3. The Morgan fingerprint density at radius 3 is 2.47 bits per heavy atom. The van der Waals surface area contributed by atoms with Gasteiger partial charge in [0.25, 0.3) is 11.8 Å². The first-order valence-electron chi connectivity index (χ1n) is 10.0. The average Bonchev–Trinajstić information content (AvgIpc) is 2.71. The van der Waals surface area contributed by atoms with E-state index in [0.29, 0.717) is 28.8 Å². The Hall–Kier alpha value is -2.64. The number of imide groups is 1. The van der Waals surface area contributed by atoms with Crippen molar-refractivity contribution in [3.8, 4) is 0 Å². The van der Waals surface area contributed by atoms with Crippen LogP contribution >= 0.6 is 15.9 Å². The van der Waals surface area contributed by atoms with Gasteiger partial charge in [0.15, 0.2) is 0 Å². The number of fused-ring (bicyclic) bond motifs is 1. The molecule has 2 aromatic carbocycles. The molecule has 2 amide bonds. The molecule has 0 aliphatic carbocycles. The Bertz CT molecular complexity index is 1020. The standard InChI is InChI=1S/C23H25BrN4O2/c1-14-13-28(15(2)12-27(14)3)18-7-5-17(6-8-18)25-11-21-20-10-16(24)4-9-19(20)22(29)26-23(21)30/h4-11,14-15,25H,12-13H2,1-3H3,(H,26,29,30)/b21-11-/t14-,15-/m1/s1. The molecule has 0 radical (unpaired) electrons. The summed E-state index contributed by atoms with van der Waals surface area (Å²) in [6.07, 6.45) is 1.66. The van der Waals surface area contributed by atoms with Crippen LogP contribution in [0.2, 0.25) is 0 Å². The zero-order valence-electron chi connectivity index (χ0n) is 17.3. The third-order valence-electron chi connectivity index (χ3n) is 5.87. The van der Waals surface area contributed by atoms with Crippen molar-refractivity contribution in [2.75, 3.05) is 30.4 Å². The summed E-state index contributed by atoms with van der Waals surface area (Å²) in [4.78, 5) is 29.3. The maximum absolute atomic E-state index is 12.4. The number of anilines is 2. The Morgan fingerprint density at radius 2 is 1.73 bits per heavy atom. The summed E-state index contributed by atoms with van der Waals surface area (Å²) in [5.74, 6) is -0.783. The third-order valence-corrected chi connectivity index (χ3v) is 6.36. The van der Waals surface area contributed by atoms with Crippen LogP contribution in [0.15, 0.2) is 53.1 Å². The van der Waals surface area contributed by atoms with E-state index in [1.807, 2.05) is 12.1 Å². The highest BCUT2D eigenvalue weighted by atomic mass is 79.9. The molecule has 156 valence electrons. The van der Waals surface area contributed by atoms with Crippen LogP contribution in [0.5, 0.6) is 0 Å². The largest absolute Gasteiger partial charge is 0.366 e. The Morgan fingerprint density at radius 1 is 1.00 bits per heavy atom. The summed E-state index contributed by atoms with van der Waals surface area (Å²) in [6, 6.07) is 14.5. The van der Waals surface area contributed by atoms with Gasteiger partial charge in [-0.05, 0) is 63.4 Å². The van der Waals surface area contributed by atoms with Gasteiger partial charge in [-0.1, -0.05) is 15.9 Å². The van der Waals surface area contributed by atoms with Crippen LogP contribution in [-0.4, -0.2) is 48.9 Å². The number of carbonyl (C=O) groups excluding carboxylic acids is 2. The van der Waals surface area contributed by atoms with Gasteiger partial charge in [0.1, 0.15) is 0 Å². The maximum atomic E-state index is 12.4. The minimum absolute atomic E-state index is 0.375. The number of halogens is 1. The molecule has 2 N–H and O–H groups in total. The van der Waals surface area contributed by atoms with Crippen LogP contribution in [0.1, 0.15) is 29.8 Å². The molecule has 1 saturated heterocycles. The second kappa shape index (κ2) is 8.24. The van der Waals surface area contributed by atoms with Gasteiger partial charge in [0, 0.05) is 58.3 Å². The highest BCUT2D eigenvalue weighted by Crippen LogP contribution is 2.28. The number of likely N-dealkylation sites (N-methyl/N-ethyl adjacent to an activating group) is 1. The van der Waals surface area contributed by atoms with E-state index in [1.54, 1.807) is 24.4 Å². The lowest BCUT2D eigenvalue weighted by Crippen LogP contribution is -2.55. The van der Waals surface area contributed by atoms with E-state index in [2.05, 4.69) is 69.4 Å². The summed E-state index contributed by atoms with van der Waals surface area (Å²) in [6.45, 7) is 6.53. The normalized spacial score (nSPS) is 23.3. The van der Waals surface area contributed by atoms with E-state index in [9.17, 15) is 9.59 Å². The molecule has 6 nitrogen and oxygen atoms in total. The van der Waals surface area contributed by atoms with Crippen LogP contribution in [0, 0.1) is 0 Å². The molecular weight excluding hydrogens is 444 g/mol. The molecule has 7 heteroatoms. The maximum Gasteiger partial charge on any atom is 0.260 e. The highest BCUT2D eigenvalue weighted by molar-refractivity contribution is 9.10. The lowest BCUT2D eigenvalue weighted by Gasteiger charge is -2.43. The van der Waals surface area contributed by atoms with Crippen LogP contribution in [0.25, 0.3) is 5.57 Å². The number of hydrogen-bond donors (Lipinski definition) is 2. The molecular formula is C23H25BrN4O2. The summed E-state index contributed by atoms with van der Waals surface area (Å²) < 4.78 is 0.814. The number of carbonyl (C=O) groups is 2. The first-order valence-corrected chi connectivity index (χ1v) is 10.8. The van der Waals surface area contributed by atoms with Gasteiger partial charge in [-0.15, -0.1) is 0 Å². The fourth-order valence-electron chi connectivity index (χ4n) is 4.00. The van der Waals surface area contributed by atoms with Gasteiger partial charge in [-0.2, -0.15) is 0 Å². The number of hydrogen-bond acceptors (Lipinski definition) is 5. The second-order valence-corrected chi connectivity index (χ2v) is 8.93.